The smallest absolute Gasteiger partial charge is 0.155 e. The maximum Gasteiger partial charge on any atom is 0.155 e. The SMILES string of the molecule is CCCOCCOc1cnccc1C#N. The van der Waals surface area contributed by atoms with E-state index in [9.17, 15) is 0 Å². The average molecular weight is 206 g/mol. The number of rotatable bonds is 6. The van der Waals surface area contributed by atoms with Crippen LogP contribution in [0.1, 0.15) is 18.9 Å². The third-order valence-electron chi connectivity index (χ3n) is 1.74. The van der Waals surface area contributed by atoms with Gasteiger partial charge in [0.15, 0.2) is 5.75 Å². The van der Waals surface area contributed by atoms with Crippen molar-refractivity contribution in [2.75, 3.05) is 19.8 Å². The highest BCUT2D eigenvalue weighted by Gasteiger charge is 2.01. The molecular weight excluding hydrogens is 192 g/mol. The molecule has 0 saturated carbocycles. The molecule has 80 valence electrons. The number of hydrogen-bond acceptors (Lipinski definition) is 4. The number of ether oxygens (including phenoxy) is 2. The first kappa shape index (κ1) is 11.5. The Labute approximate surface area is 89.5 Å². The fourth-order valence-corrected chi connectivity index (χ4v) is 1.04. The fourth-order valence-electron chi connectivity index (χ4n) is 1.04. The van der Waals surface area contributed by atoms with Crippen LogP contribution in [0.2, 0.25) is 0 Å². The van der Waals surface area contributed by atoms with Gasteiger partial charge in [0.1, 0.15) is 12.7 Å². The van der Waals surface area contributed by atoms with Crippen molar-refractivity contribution in [1.29, 1.82) is 5.26 Å². The van der Waals surface area contributed by atoms with E-state index in [1.165, 1.54) is 0 Å². The van der Waals surface area contributed by atoms with Gasteiger partial charge in [0.05, 0.1) is 18.4 Å². The van der Waals surface area contributed by atoms with E-state index in [1.54, 1.807) is 18.5 Å². The van der Waals surface area contributed by atoms with E-state index in [0.717, 1.165) is 13.0 Å². The van der Waals surface area contributed by atoms with Crippen molar-refractivity contribution in [1.82, 2.24) is 4.98 Å². The lowest BCUT2D eigenvalue weighted by Crippen LogP contribution is -2.08. The molecule has 0 N–H and O–H groups in total. The van der Waals surface area contributed by atoms with Gasteiger partial charge in [-0.1, -0.05) is 6.92 Å². The summed E-state index contributed by atoms with van der Waals surface area (Å²) in [5, 5.41) is 8.77. The van der Waals surface area contributed by atoms with Crippen molar-refractivity contribution in [2.24, 2.45) is 0 Å². The van der Waals surface area contributed by atoms with E-state index in [-0.39, 0.29) is 0 Å². The summed E-state index contributed by atoms with van der Waals surface area (Å²) in [5.74, 6) is 0.514. The molecule has 0 spiro atoms. The third-order valence-corrected chi connectivity index (χ3v) is 1.74. The topological polar surface area (TPSA) is 55.1 Å². The van der Waals surface area contributed by atoms with Crippen molar-refractivity contribution >= 4 is 0 Å². The van der Waals surface area contributed by atoms with Gasteiger partial charge in [0.25, 0.3) is 0 Å². The summed E-state index contributed by atoms with van der Waals surface area (Å²) in [7, 11) is 0. The zero-order chi connectivity index (χ0) is 10.9. The van der Waals surface area contributed by atoms with E-state index in [0.29, 0.717) is 24.5 Å². The molecule has 0 amide bonds. The van der Waals surface area contributed by atoms with E-state index in [2.05, 4.69) is 11.9 Å². The van der Waals surface area contributed by atoms with Gasteiger partial charge in [-0.15, -0.1) is 0 Å². The standard InChI is InChI=1S/C11H14N2O2/c1-2-5-14-6-7-15-11-9-13-4-3-10(11)8-12/h3-4,9H,2,5-7H2,1H3. The van der Waals surface area contributed by atoms with Crippen molar-refractivity contribution in [2.45, 2.75) is 13.3 Å². The molecule has 0 fully saturated rings. The highest BCUT2D eigenvalue weighted by molar-refractivity contribution is 5.40. The van der Waals surface area contributed by atoms with Crippen LogP contribution in [0.15, 0.2) is 18.5 Å². The molecule has 0 saturated heterocycles. The van der Waals surface area contributed by atoms with Crippen LogP contribution in [-0.4, -0.2) is 24.8 Å². The van der Waals surface area contributed by atoms with Gasteiger partial charge in [0.2, 0.25) is 0 Å². The van der Waals surface area contributed by atoms with Gasteiger partial charge in [-0.05, 0) is 12.5 Å². The van der Waals surface area contributed by atoms with Crippen LogP contribution in [0.4, 0.5) is 0 Å². The molecule has 15 heavy (non-hydrogen) atoms. The van der Waals surface area contributed by atoms with Crippen molar-refractivity contribution < 1.29 is 9.47 Å². The molecule has 1 rings (SSSR count). The summed E-state index contributed by atoms with van der Waals surface area (Å²) in [6, 6.07) is 3.67. The number of hydrogen-bond donors (Lipinski definition) is 0. The molecule has 1 aromatic rings. The molecule has 1 heterocycles. The Morgan fingerprint density at radius 1 is 1.40 bits per heavy atom. The molecule has 0 radical (unpaired) electrons. The number of aromatic nitrogens is 1. The quantitative estimate of drug-likeness (QED) is 0.665. The first-order valence-corrected chi connectivity index (χ1v) is 4.93. The predicted molar refractivity (Wildman–Crippen MR) is 55.6 cm³/mol. The van der Waals surface area contributed by atoms with Crippen molar-refractivity contribution in [3.63, 3.8) is 0 Å². The highest BCUT2D eigenvalue weighted by atomic mass is 16.5. The van der Waals surface area contributed by atoms with Crippen LogP contribution >= 0.6 is 0 Å². The Kier molecular flexibility index (Phi) is 5.20. The minimum atomic E-state index is 0.445. The van der Waals surface area contributed by atoms with Gasteiger partial charge >= 0.3 is 0 Å². The van der Waals surface area contributed by atoms with Crippen LogP contribution in [0, 0.1) is 11.3 Å². The Bertz CT molecular complexity index is 334. The molecule has 0 aliphatic carbocycles. The van der Waals surface area contributed by atoms with Gasteiger partial charge in [-0.2, -0.15) is 5.26 Å². The van der Waals surface area contributed by atoms with Crippen LogP contribution in [-0.2, 0) is 4.74 Å². The molecular formula is C11H14N2O2. The molecule has 0 aromatic carbocycles. The highest BCUT2D eigenvalue weighted by Crippen LogP contribution is 2.14. The summed E-state index contributed by atoms with van der Waals surface area (Å²) in [6.07, 6.45) is 4.10. The molecule has 4 nitrogen and oxygen atoms in total. The molecule has 0 atom stereocenters. The van der Waals surface area contributed by atoms with Gasteiger partial charge in [0, 0.05) is 12.8 Å². The van der Waals surface area contributed by atoms with Crippen molar-refractivity contribution in [3.05, 3.63) is 24.0 Å². The second-order valence-electron chi connectivity index (χ2n) is 2.94. The van der Waals surface area contributed by atoms with Gasteiger partial charge in [-0.25, -0.2) is 0 Å². The second-order valence-corrected chi connectivity index (χ2v) is 2.94. The molecule has 0 aliphatic rings. The van der Waals surface area contributed by atoms with E-state index < -0.39 is 0 Å². The van der Waals surface area contributed by atoms with Gasteiger partial charge in [-0.3, -0.25) is 4.98 Å². The summed E-state index contributed by atoms with van der Waals surface area (Å²) in [6.45, 7) is 3.77. The zero-order valence-corrected chi connectivity index (χ0v) is 8.77. The van der Waals surface area contributed by atoms with E-state index in [4.69, 9.17) is 14.7 Å². The first-order chi connectivity index (χ1) is 7.38. The Hall–Kier alpha value is -1.60. The first-order valence-electron chi connectivity index (χ1n) is 4.93. The fraction of sp³-hybridized carbons (Fsp3) is 0.455. The molecule has 0 bridgehead atoms. The third kappa shape index (κ3) is 3.96. The van der Waals surface area contributed by atoms with Crippen LogP contribution in [0.25, 0.3) is 0 Å². The molecule has 4 heteroatoms. The predicted octanol–water partition coefficient (Wildman–Crippen LogP) is 1.76. The number of nitriles is 1. The minimum Gasteiger partial charge on any atom is -0.488 e. The normalized spacial score (nSPS) is 9.60. The lowest BCUT2D eigenvalue weighted by atomic mass is 10.3. The molecule has 0 unspecified atom stereocenters. The second kappa shape index (κ2) is 6.80. The number of pyridine rings is 1. The summed E-state index contributed by atoms with van der Waals surface area (Å²) >= 11 is 0. The Morgan fingerprint density at radius 2 is 2.27 bits per heavy atom. The van der Waals surface area contributed by atoms with Crippen LogP contribution < -0.4 is 4.74 Å². The minimum absolute atomic E-state index is 0.445. The Morgan fingerprint density at radius 3 is 3.00 bits per heavy atom. The molecule has 0 aliphatic heterocycles. The van der Waals surface area contributed by atoms with E-state index >= 15 is 0 Å². The summed E-state index contributed by atoms with van der Waals surface area (Å²) in [4.78, 5) is 3.89. The van der Waals surface area contributed by atoms with Crippen LogP contribution in [0.5, 0.6) is 5.75 Å². The van der Waals surface area contributed by atoms with Gasteiger partial charge < -0.3 is 9.47 Å². The lowest BCUT2D eigenvalue weighted by molar-refractivity contribution is 0.100. The van der Waals surface area contributed by atoms with Crippen LogP contribution in [0.3, 0.4) is 0 Å². The van der Waals surface area contributed by atoms with Crippen molar-refractivity contribution in [3.8, 4) is 11.8 Å². The Balaban J connectivity index is 2.34. The monoisotopic (exact) mass is 206 g/mol. The zero-order valence-electron chi connectivity index (χ0n) is 8.77. The largest absolute Gasteiger partial charge is 0.488 e. The maximum atomic E-state index is 8.77. The van der Waals surface area contributed by atoms with E-state index in [1.807, 2.05) is 6.07 Å². The maximum absolute atomic E-state index is 8.77. The summed E-state index contributed by atoms with van der Waals surface area (Å²) < 4.78 is 10.6. The lowest BCUT2D eigenvalue weighted by Gasteiger charge is -2.06. The average Bonchev–Trinajstić information content (AvgIpc) is 2.29. The number of nitrogens with zero attached hydrogens (tertiary/aromatic N) is 2. The summed E-state index contributed by atoms with van der Waals surface area (Å²) in [5.41, 5.74) is 0.500. The molecule has 1 aromatic heterocycles.